The van der Waals surface area contributed by atoms with E-state index in [9.17, 15) is 5.26 Å². The molecule has 0 aromatic heterocycles. The van der Waals surface area contributed by atoms with Crippen LogP contribution in [-0.4, -0.2) is 19.0 Å². The fourth-order valence-electron chi connectivity index (χ4n) is 8.33. The van der Waals surface area contributed by atoms with Crippen LogP contribution in [0.2, 0.25) is 0 Å². The van der Waals surface area contributed by atoms with Crippen molar-refractivity contribution >= 4 is 0 Å². The van der Waals surface area contributed by atoms with Crippen molar-refractivity contribution in [2.24, 2.45) is 34.5 Å². The van der Waals surface area contributed by atoms with Gasteiger partial charge < -0.3 is 9.47 Å². The lowest BCUT2D eigenvalue weighted by Gasteiger charge is -2.58. The van der Waals surface area contributed by atoms with Crippen molar-refractivity contribution in [3.63, 3.8) is 0 Å². The van der Waals surface area contributed by atoms with Crippen LogP contribution in [0.1, 0.15) is 90.9 Å². The predicted octanol–water partition coefficient (Wildman–Crippen LogP) is 6.39. The van der Waals surface area contributed by atoms with Crippen LogP contribution in [0, 0.1) is 45.8 Å². The first-order chi connectivity index (χ1) is 14.0. The lowest BCUT2D eigenvalue weighted by Crippen LogP contribution is -2.50. The first-order valence-corrected chi connectivity index (χ1v) is 12.4. The minimum absolute atomic E-state index is 0.0426. The Hall–Kier alpha value is -0.850. The zero-order chi connectivity index (χ0) is 20.1. The summed E-state index contributed by atoms with van der Waals surface area (Å²) in [6.45, 7) is 5.97. The molecule has 160 valence electrons. The molecule has 8 atom stereocenters. The second-order valence-corrected chi connectivity index (χ2v) is 11.2. The Labute approximate surface area is 177 Å². The quantitative estimate of drug-likeness (QED) is 0.518. The highest BCUT2D eigenvalue weighted by atomic mass is 16.7. The third kappa shape index (κ3) is 3.30. The van der Waals surface area contributed by atoms with Gasteiger partial charge in [-0.1, -0.05) is 25.5 Å². The number of rotatable bonds is 3. The molecular weight excluding hydrogens is 358 g/mol. The van der Waals surface area contributed by atoms with Crippen molar-refractivity contribution < 1.29 is 9.47 Å². The smallest absolute Gasteiger partial charge is 0.157 e. The van der Waals surface area contributed by atoms with Gasteiger partial charge in [-0.3, -0.25) is 0 Å². The van der Waals surface area contributed by atoms with E-state index in [1.807, 2.05) is 0 Å². The predicted molar refractivity (Wildman–Crippen MR) is 114 cm³/mol. The van der Waals surface area contributed by atoms with Crippen LogP contribution in [0.25, 0.3) is 0 Å². The number of nitrogens with zero attached hydrogens (tertiary/aromatic N) is 1. The van der Waals surface area contributed by atoms with Gasteiger partial charge >= 0.3 is 0 Å². The van der Waals surface area contributed by atoms with Gasteiger partial charge in [0.15, 0.2) is 6.29 Å². The molecule has 0 radical (unpaired) electrons. The van der Waals surface area contributed by atoms with Crippen molar-refractivity contribution in [2.45, 2.75) is 103 Å². The molecule has 0 aromatic carbocycles. The monoisotopic (exact) mass is 397 g/mol. The van der Waals surface area contributed by atoms with Gasteiger partial charge in [0.2, 0.25) is 0 Å². The van der Waals surface area contributed by atoms with Gasteiger partial charge in [0, 0.05) is 13.0 Å². The summed E-state index contributed by atoms with van der Waals surface area (Å²) >= 11 is 0. The van der Waals surface area contributed by atoms with Gasteiger partial charge in [0.05, 0.1) is 12.2 Å². The highest BCUT2D eigenvalue weighted by Crippen LogP contribution is 2.66. The molecule has 1 saturated heterocycles. The Kier molecular flexibility index (Phi) is 5.32. The molecule has 3 saturated carbocycles. The molecule has 4 fully saturated rings. The van der Waals surface area contributed by atoms with E-state index in [0.717, 1.165) is 43.6 Å². The molecule has 0 aromatic rings. The molecule has 0 amide bonds. The second kappa shape index (κ2) is 7.69. The lowest BCUT2D eigenvalue weighted by molar-refractivity contribution is -0.195. The fourth-order valence-corrected chi connectivity index (χ4v) is 8.33. The summed E-state index contributed by atoms with van der Waals surface area (Å²) in [5, 5.41) is 9.32. The first-order valence-electron chi connectivity index (χ1n) is 12.4. The first kappa shape index (κ1) is 20.1. The highest BCUT2D eigenvalue weighted by Gasteiger charge is 2.58. The van der Waals surface area contributed by atoms with E-state index < -0.39 is 0 Å². The molecule has 1 aliphatic heterocycles. The van der Waals surface area contributed by atoms with Crippen LogP contribution in [0.3, 0.4) is 0 Å². The topological polar surface area (TPSA) is 42.2 Å². The van der Waals surface area contributed by atoms with Crippen LogP contribution in [-0.2, 0) is 9.47 Å². The van der Waals surface area contributed by atoms with Crippen LogP contribution >= 0.6 is 0 Å². The van der Waals surface area contributed by atoms with E-state index in [0.29, 0.717) is 22.9 Å². The summed E-state index contributed by atoms with van der Waals surface area (Å²) < 4.78 is 12.2. The summed E-state index contributed by atoms with van der Waals surface area (Å²) in [5.74, 6) is 3.15. The number of fused-ring (bicyclic) bond motifs is 5. The molecule has 2 unspecified atom stereocenters. The summed E-state index contributed by atoms with van der Waals surface area (Å²) in [5.41, 5.74) is 2.49. The maximum absolute atomic E-state index is 9.32. The molecule has 29 heavy (non-hydrogen) atoms. The van der Waals surface area contributed by atoms with E-state index in [1.54, 1.807) is 5.57 Å². The lowest BCUT2D eigenvalue weighted by atomic mass is 9.47. The molecular formula is C26H39NO2. The zero-order valence-electron chi connectivity index (χ0n) is 18.5. The van der Waals surface area contributed by atoms with E-state index in [1.165, 1.54) is 57.8 Å². The average molecular weight is 398 g/mol. The van der Waals surface area contributed by atoms with Crippen molar-refractivity contribution in [2.75, 3.05) is 6.61 Å². The normalized spacial score (nSPS) is 49.3. The minimum Gasteiger partial charge on any atom is -0.353 e. The second-order valence-electron chi connectivity index (χ2n) is 11.2. The molecule has 3 heteroatoms. The van der Waals surface area contributed by atoms with Gasteiger partial charge in [-0.05, 0) is 105 Å². The zero-order valence-corrected chi connectivity index (χ0v) is 18.5. The van der Waals surface area contributed by atoms with Crippen molar-refractivity contribution in [1.82, 2.24) is 0 Å². The molecule has 0 N–H and O–H groups in total. The maximum atomic E-state index is 9.32. The van der Waals surface area contributed by atoms with E-state index in [2.05, 4.69) is 26.0 Å². The third-order valence-corrected chi connectivity index (χ3v) is 10.1. The van der Waals surface area contributed by atoms with Gasteiger partial charge in [-0.25, -0.2) is 0 Å². The van der Waals surface area contributed by atoms with Crippen LogP contribution in [0.15, 0.2) is 11.6 Å². The number of hydrogen-bond acceptors (Lipinski definition) is 3. The Morgan fingerprint density at radius 3 is 2.79 bits per heavy atom. The molecule has 5 aliphatic rings. The highest BCUT2D eigenvalue weighted by molar-refractivity contribution is 5.25. The summed E-state index contributed by atoms with van der Waals surface area (Å²) in [7, 11) is 0. The van der Waals surface area contributed by atoms with Gasteiger partial charge in [-0.2, -0.15) is 5.26 Å². The summed E-state index contributed by atoms with van der Waals surface area (Å²) in [6, 6.07) is 2.49. The molecule has 3 nitrogen and oxygen atoms in total. The SMILES string of the molecule is C[C@]12CC[C@H]3[C@@H](CC=C4CC(OC5CCCCO5)CC[C@@]43C)[C@@H]1CC[C@@H]2CC#N. The van der Waals surface area contributed by atoms with Crippen molar-refractivity contribution in [1.29, 1.82) is 5.26 Å². The Bertz CT molecular complexity index is 689. The Morgan fingerprint density at radius 1 is 1.10 bits per heavy atom. The van der Waals surface area contributed by atoms with E-state index in [-0.39, 0.29) is 6.29 Å². The minimum atomic E-state index is 0.0426. The Morgan fingerprint density at radius 2 is 2.00 bits per heavy atom. The summed E-state index contributed by atoms with van der Waals surface area (Å²) in [6.07, 6.45) is 17.5. The van der Waals surface area contributed by atoms with Crippen LogP contribution < -0.4 is 0 Å². The largest absolute Gasteiger partial charge is 0.353 e. The van der Waals surface area contributed by atoms with Gasteiger partial charge in [0.1, 0.15) is 0 Å². The standard InChI is InChI=1S/C26H39NO2/c1-25-14-11-23-21(22(25)9-7-18(25)12-15-27)8-6-19-17-20(10-13-26(19,23)2)29-24-5-3-4-16-28-24/h6,18,20-24H,3-5,7-14,16-17H2,1-2H3/t18-,20?,21+,22+,23+,24?,25-,26+/m1/s1. The van der Waals surface area contributed by atoms with Gasteiger partial charge in [0.25, 0.3) is 0 Å². The molecule has 5 rings (SSSR count). The number of ether oxygens (including phenoxy) is 2. The maximum Gasteiger partial charge on any atom is 0.157 e. The molecule has 0 bridgehead atoms. The average Bonchev–Trinajstić information content (AvgIpc) is 3.06. The number of nitriles is 1. The van der Waals surface area contributed by atoms with Crippen LogP contribution in [0.5, 0.6) is 0 Å². The Balaban J connectivity index is 1.31. The number of allylic oxidation sites excluding steroid dienone is 1. The van der Waals surface area contributed by atoms with Crippen molar-refractivity contribution in [3.8, 4) is 6.07 Å². The van der Waals surface area contributed by atoms with Gasteiger partial charge in [-0.15, -0.1) is 0 Å². The number of hydrogen-bond donors (Lipinski definition) is 0. The molecule has 4 aliphatic carbocycles. The summed E-state index contributed by atoms with van der Waals surface area (Å²) in [4.78, 5) is 0. The molecule has 0 spiro atoms. The van der Waals surface area contributed by atoms with Crippen molar-refractivity contribution in [3.05, 3.63) is 11.6 Å². The third-order valence-electron chi connectivity index (χ3n) is 10.1. The van der Waals surface area contributed by atoms with E-state index in [4.69, 9.17) is 9.47 Å². The van der Waals surface area contributed by atoms with E-state index >= 15 is 0 Å². The molecule has 1 heterocycles. The van der Waals surface area contributed by atoms with Crippen LogP contribution in [0.4, 0.5) is 0 Å². The fraction of sp³-hybridized carbons (Fsp3) is 0.885.